The van der Waals surface area contributed by atoms with E-state index in [1.807, 2.05) is 6.92 Å². The van der Waals surface area contributed by atoms with Gasteiger partial charge in [0.15, 0.2) is 0 Å². The van der Waals surface area contributed by atoms with Gasteiger partial charge in [0, 0.05) is 12.0 Å². The molecular weight excluding hydrogens is 218 g/mol. The molecule has 1 unspecified atom stereocenters. The maximum absolute atomic E-state index is 11.9. The first-order chi connectivity index (χ1) is 7.96. The molecule has 4 heteroatoms. The molecule has 1 atom stereocenters. The number of nitrogens with one attached hydrogen (secondary N) is 1. The fourth-order valence-electron chi connectivity index (χ4n) is 2.33. The zero-order valence-corrected chi connectivity index (χ0v) is 10.8. The first kappa shape index (κ1) is 14.0. The van der Waals surface area contributed by atoms with Crippen molar-refractivity contribution in [3.8, 4) is 0 Å². The van der Waals surface area contributed by atoms with Crippen molar-refractivity contribution in [1.82, 2.24) is 5.32 Å². The zero-order valence-electron chi connectivity index (χ0n) is 10.8. The number of amides is 1. The second-order valence-electron chi connectivity index (χ2n) is 5.41. The van der Waals surface area contributed by atoms with E-state index < -0.39 is 5.97 Å². The molecule has 1 aliphatic rings. The average molecular weight is 241 g/mol. The lowest BCUT2D eigenvalue weighted by molar-refractivity contribution is -0.141. The SMILES string of the molecule is CC(CCCNC(=O)C1(C)CCCC1)C(=O)O. The Morgan fingerprint density at radius 3 is 2.47 bits per heavy atom. The smallest absolute Gasteiger partial charge is 0.306 e. The van der Waals surface area contributed by atoms with Gasteiger partial charge in [0.25, 0.3) is 0 Å². The third-order valence-electron chi connectivity index (χ3n) is 3.78. The van der Waals surface area contributed by atoms with Gasteiger partial charge < -0.3 is 10.4 Å². The lowest BCUT2D eigenvalue weighted by Gasteiger charge is -2.22. The molecule has 0 aliphatic heterocycles. The Morgan fingerprint density at radius 1 is 1.35 bits per heavy atom. The van der Waals surface area contributed by atoms with Crippen molar-refractivity contribution in [3.63, 3.8) is 0 Å². The number of rotatable bonds is 6. The molecule has 1 aliphatic carbocycles. The number of hydrogen-bond donors (Lipinski definition) is 2. The minimum Gasteiger partial charge on any atom is -0.481 e. The molecule has 0 aromatic rings. The first-order valence-corrected chi connectivity index (χ1v) is 6.47. The van der Waals surface area contributed by atoms with Gasteiger partial charge in [-0.15, -0.1) is 0 Å². The summed E-state index contributed by atoms with van der Waals surface area (Å²) >= 11 is 0. The van der Waals surface area contributed by atoms with Crippen LogP contribution in [0.2, 0.25) is 0 Å². The Bertz CT molecular complexity index is 282. The Morgan fingerprint density at radius 2 is 1.94 bits per heavy atom. The number of carboxylic acid groups (broad SMARTS) is 1. The molecule has 0 aromatic heterocycles. The van der Waals surface area contributed by atoms with E-state index in [9.17, 15) is 9.59 Å². The quantitative estimate of drug-likeness (QED) is 0.700. The molecule has 17 heavy (non-hydrogen) atoms. The third kappa shape index (κ3) is 4.02. The van der Waals surface area contributed by atoms with Crippen molar-refractivity contribution >= 4 is 11.9 Å². The molecular formula is C13H23NO3. The van der Waals surface area contributed by atoms with Crippen LogP contribution in [0.25, 0.3) is 0 Å². The number of aliphatic carboxylic acids is 1. The summed E-state index contributed by atoms with van der Waals surface area (Å²) in [5, 5.41) is 11.6. The van der Waals surface area contributed by atoms with Gasteiger partial charge >= 0.3 is 5.97 Å². The highest BCUT2D eigenvalue weighted by Gasteiger charge is 2.35. The van der Waals surface area contributed by atoms with Gasteiger partial charge in [0.1, 0.15) is 0 Å². The summed E-state index contributed by atoms with van der Waals surface area (Å²) in [7, 11) is 0. The molecule has 1 rings (SSSR count). The fraction of sp³-hybridized carbons (Fsp3) is 0.846. The molecule has 1 saturated carbocycles. The minimum absolute atomic E-state index is 0.137. The van der Waals surface area contributed by atoms with Crippen LogP contribution in [-0.2, 0) is 9.59 Å². The van der Waals surface area contributed by atoms with Crippen LogP contribution in [-0.4, -0.2) is 23.5 Å². The highest BCUT2D eigenvalue weighted by molar-refractivity contribution is 5.82. The molecule has 0 bridgehead atoms. The Labute approximate surface area is 103 Å². The van der Waals surface area contributed by atoms with Crippen molar-refractivity contribution in [2.75, 3.05) is 6.54 Å². The summed E-state index contributed by atoms with van der Waals surface area (Å²) < 4.78 is 0. The molecule has 2 N–H and O–H groups in total. The largest absolute Gasteiger partial charge is 0.481 e. The number of hydrogen-bond acceptors (Lipinski definition) is 2. The van der Waals surface area contributed by atoms with Crippen molar-refractivity contribution in [3.05, 3.63) is 0 Å². The van der Waals surface area contributed by atoms with Crippen molar-refractivity contribution in [2.24, 2.45) is 11.3 Å². The monoisotopic (exact) mass is 241 g/mol. The van der Waals surface area contributed by atoms with Crippen LogP contribution < -0.4 is 5.32 Å². The maximum atomic E-state index is 11.9. The van der Waals surface area contributed by atoms with E-state index in [2.05, 4.69) is 5.32 Å². The molecule has 0 aromatic carbocycles. The maximum Gasteiger partial charge on any atom is 0.306 e. The number of carbonyl (C=O) groups excluding carboxylic acids is 1. The summed E-state index contributed by atoms with van der Waals surface area (Å²) in [5.74, 6) is -0.953. The molecule has 0 saturated heterocycles. The van der Waals surface area contributed by atoms with E-state index in [1.54, 1.807) is 6.92 Å². The van der Waals surface area contributed by atoms with Gasteiger partial charge in [-0.05, 0) is 25.7 Å². The molecule has 0 spiro atoms. The van der Waals surface area contributed by atoms with Gasteiger partial charge in [-0.25, -0.2) is 0 Å². The van der Waals surface area contributed by atoms with Crippen LogP contribution in [0.3, 0.4) is 0 Å². The van der Waals surface area contributed by atoms with Gasteiger partial charge in [-0.2, -0.15) is 0 Å². The van der Waals surface area contributed by atoms with Crippen molar-refractivity contribution in [1.29, 1.82) is 0 Å². The van der Waals surface area contributed by atoms with Crippen LogP contribution in [0.1, 0.15) is 52.4 Å². The normalized spacial score (nSPS) is 19.9. The summed E-state index contributed by atoms with van der Waals surface area (Å²) in [6.07, 6.45) is 5.58. The summed E-state index contributed by atoms with van der Waals surface area (Å²) in [5.41, 5.74) is -0.182. The molecule has 4 nitrogen and oxygen atoms in total. The van der Waals surface area contributed by atoms with Crippen molar-refractivity contribution < 1.29 is 14.7 Å². The summed E-state index contributed by atoms with van der Waals surface area (Å²) in [6, 6.07) is 0. The van der Waals surface area contributed by atoms with Crippen LogP contribution in [0.4, 0.5) is 0 Å². The van der Waals surface area contributed by atoms with Crippen molar-refractivity contribution in [2.45, 2.75) is 52.4 Å². The van der Waals surface area contributed by atoms with E-state index in [-0.39, 0.29) is 17.2 Å². The number of carbonyl (C=O) groups is 2. The molecule has 98 valence electrons. The first-order valence-electron chi connectivity index (χ1n) is 6.47. The van der Waals surface area contributed by atoms with E-state index in [4.69, 9.17) is 5.11 Å². The summed E-state index contributed by atoms with van der Waals surface area (Å²) in [6.45, 7) is 4.31. The lowest BCUT2D eigenvalue weighted by Crippen LogP contribution is -2.37. The van der Waals surface area contributed by atoms with Crippen LogP contribution in [0.5, 0.6) is 0 Å². The van der Waals surface area contributed by atoms with Gasteiger partial charge in [-0.3, -0.25) is 9.59 Å². The van der Waals surface area contributed by atoms with E-state index in [0.29, 0.717) is 13.0 Å². The highest BCUT2D eigenvalue weighted by Crippen LogP contribution is 2.37. The van der Waals surface area contributed by atoms with Crippen LogP contribution in [0.15, 0.2) is 0 Å². The Kier molecular flexibility index (Phi) is 4.97. The molecule has 1 fully saturated rings. The van der Waals surface area contributed by atoms with Crippen LogP contribution in [0, 0.1) is 11.3 Å². The predicted molar refractivity (Wildman–Crippen MR) is 65.6 cm³/mol. The highest BCUT2D eigenvalue weighted by atomic mass is 16.4. The number of carboxylic acids is 1. The third-order valence-corrected chi connectivity index (χ3v) is 3.78. The van der Waals surface area contributed by atoms with E-state index >= 15 is 0 Å². The van der Waals surface area contributed by atoms with Gasteiger partial charge in [-0.1, -0.05) is 26.7 Å². The van der Waals surface area contributed by atoms with Gasteiger partial charge in [0.2, 0.25) is 5.91 Å². The average Bonchev–Trinajstić information content (AvgIpc) is 2.72. The second-order valence-corrected chi connectivity index (χ2v) is 5.41. The Balaban J connectivity index is 2.18. The second kappa shape index (κ2) is 6.03. The lowest BCUT2D eigenvalue weighted by atomic mass is 9.88. The fourth-order valence-corrected chi connectivity index (χ4v) is 2.33. The van der Waals surface area contributed by atoms with Gasteiger partial charge in [0.05, 0.1) is 5.92 Å². The van der Waals surface area contributed by atoms with E-state index in [1.165, 1.54) is 0 Å². The molecule has 0 heterocycles. The Hall–Kier alpha value is -1.06. The minimum atomic E-state index is -0.765. The topological polar surface area (TPSA) is 66.4 Å². The van der Waals surface area contributed by atoms with Crippen LogP contribution >= 0.6 is 0 Å². The van der Waals surface area contributed by atoms with E-state index in [0.717, 1.165) is 32.1 Å². The molecule has 0 radical (unpaired) electrons. The molecule has 1 amide bonds. The standard InChI is InChI=1S/C13H23NO3/c1-10(11(15)16)6-5-9-14-12(17)13(2)7-3-4-8-13/h10H,3-9H2,1-2H3,(H,14,17)(H,15,16). The predicted octanol–water partition coefficient (Wildman–Crippen LogP) is 2.18. The summed E-state index contributed by atoms with van der Waals surface area (Å²) in [4.78, 5) is 22.5. The zero-order chi connectivity index (χ0) is 12.9.